The van der Waals surface area contributed by atoms with Gasteiger partial charge in [-0.05, 0) is 63.0 Å². The smallest absolute Gasteiger partial charge is 0.119 e. The van der Waals surface area contributed by atoms with Gasteiger partial charge in [-0.3, -0.25) is 4.90 Å². The van der Waals surface area contributed by atoms with Crippen LogP contribution in [0.3, 0.4) is 0 Å². The highest BCUT2D eigenvalue weighted by atomic mass is 16.5. The molecule has 0 aromatic heterocycles. The van der Waals surface area contributed by atoms with E-state index in [0.717, 1.165) is 18.2 Å². The van der Waals surface area contributed by atoms with Gasteiger partial charge in [-0.15, -0.1) is 0 Å². The van der Waals surface area contributed by atoms with Gasteiger partial charge in [0.1, 0.15) is 5.75 Å². The molecule has 2 aliphatic carbocycles. The summed E-state index contributed by atoms with van der Waals surface area (Å²) in [6.07, 6.45) is 6.54. The van der Waals surface area contributed by atoms with E-state index in [9.17, 15) is 0 Å². The first-order chi connectivity index (χ1) is 9.74. The molecule has 110 valence electrons. The van der Waals surface area contributed by atoms with Crippen molar-refractivity contribution in [1.82, 2.24) is 10.2 Å². The first-order valence-electron chi connectivity index (χ1n) is 7.80. The van der Waals surface area contributed by atoms with Crippen molar-refractivity contribution in [3.05, 3.63) is 29.3 Å². The van der Waals surface area contributed by atoms with Crippen LogP contribution in [0.5, 0.6) is 5.75 Å². The zero-order valence-corrected chi connectivity index (χ0v) is 12.9. The van der Waals surface area contributed by atoms with Crippen molar-refractivity contribution >= 4 is 0 Å². The number of nitrogens with one attached hydrogen (secondary N) is 1. The number of hydrogen-bond donors (Lipinski definition) is 1. The van der Waals surface area contributed by atoms with E-state index in [2.05, 4.69) is 42.5 Å². The standard InChI is InChI=1S/C17H26N2O/c1-18-17-15-9-8-14(20-3)11-12(15)7-10-16(17)19(2)13-5-4-6-13/h8-9,11,13,16-18H,4-7,10H2,1-3H3. The number of ether oxygens (including phenoxy) is 1. The van der Waals surface area contributed by atoms with E-state index in [1.54, 1.807) is 7.11 Å². The molecule has 2 aliphatic rings. The number of benzene rings is 1. The molecule has 2 atom stereocenters. The molecule has 1 fully saturated rings. The number of fused-ring (bicyclic) bond motifs is 1. The molecule has 1 aromatic carbocycles. The summed E-state index contributed by atoms with van der Waals surface area (Å²) in [5, 5.41) is 3.55. The largest absolute Gasteiger partial charge is 0.497 e. The Labute approximate surface area is 122 Å². The Morgan fingerprint density at radius 3 is 2.65 bits per heavy atom. The van der Waals surface area contributed by atoms with E-state index in [0.29, 0.717) is 12.1 Å². The van der Waals surface area contributed by atoms with Crippen molar-refractivity contribution in [2.45, 2.75) is 50.2 Å². The van der Waals surface area contributed by atoms with E-state index in [-0.39, 0.29) is 0 Å². The molecule has 0 aliphatic heterocycles. The predicted molar refractivity (Wildman–Crippen MR) is 82.3 cm³/mol. The molecule has 0 heterocycles. The topological polar surface area (TPSA) is 24.5 Å². The van der Waals surface area contributed by atoms with E-state index in [1.165, 1.54) is 36.8 Å². The van der Waals surface area contributed by atoms with Crippen LogP contribution in [-0.4, -0.2) is 38.2 Å². The lowest BCUT2D eigenvalue weighted by Crippen LogP contribution is -2.50. The Balaban J connectivity index is 1.85. The minimum Gasteiger partial charge on any atom is -0.497 e. The molecule has 3 nitrogen and oxygen atoms in total. The zero-order valence-electron chi connectivity index (χ0n) is 12.9. The minimum absolute atomic E-state index is 0.440. The third-order valence-corrected chi connectivity index (χ3v) is 5.26. The van der Waals surface area contributed by atoms with Gasteiger partial charge < -0.3 is 10.1 Å². The number of aryl methyl sites for hydroxylation is 1. The van der Waals surface area contributed by atoms with Crippen molar-refractivity contribution in [2.24, 2.45) is 0 Å². The summed E-state index contributed by atoms with van der Waals surface area (Å²) in [6.45, 7) is 0. The van der Waals surface area contributed by atoms with Gasteiger partial charge in [0.25, 0.3) is 0 Å². The number of likely N-dealkylation sites (N-methyl/N-ethyl adjacent to an activating group) is 2. The second kappa shape index (κ2) is 5.74. The van der Waals surface area contributed by atoms with Crippen molar-refractivity contribution in [2.75, 3.05) is 21.2 Å². The molecule has 0 spiro atoms. The van der Waals surface area contributed by atoms with Crippen LogP contribution in [0.2, 0.25) is 0 Å². The fourth-order valence-electron chi connectivity index (χ4n) is 3.76. The molecule has 1 aromatic rings. The van der Waals surface area contributed by atoms with Crippen molar-refractivity contribution in [3.63, 3.8) is 0 Å². The van der Waals surface area contributed by atoms with Gasteiger partial charge in [-0.2, -0.15) is 0 Å². The number of methoxy groups -OCH3 is 1. The molecular formula is C17H26N2O. The van der Waals surface area contributed by atoms with Gasteiger partial charge in [0.15, 0.2) is 0 Å². The summed E-state index contributed by atoms with van der Waals surface area (Å²) in [7, 11) is 6.15. The van der Waals surface area contributed by atoms with Gasteiger partial charge >= 0.3 is 0 Å². The summed E-state index contributed by atoms with van der Waals surface area (Å²) in [6, 6.07) is 8.40. The van der Waals surface area contributed by atoms with Crippen LogP contribution in [-0.2, 0) is 6.42 Å². The zero-order chi connectivity index (χ0) is 14.1. The predicted octanol–water partition coefficient (Wildman–Crippen LogP) is 2.75. The first kappa shape index (κ1) is 13.9. The Bertz CT molecular complexity index is 470. The average molecular weight is 274 g/mol. The molecule has 3 heteroatoms. The summed E-state index contributed by atoms with van der Waals surface area (Å²) in [5.41, 5.74) is 2.90. The quantitative estimate of drug-likeness (QED) is 0.913. The van der Waals surface area contributed by atoms with Crippen LogP contribution in [0, 0.1) is 0 Å². The molecule has 1 saturated carbocycles. The molecule has 0 radical (unpaired) electrons. The van der Waals surface area contributed by atoms with Crippen LogP contribution < -0.4 is 10.1 Å². The summed E-state index contributed by atoms with van der Waals surface area (Å²) >= 11 is 0. The average Bonchev–Trinajstić information content (AvgIpc) is 2.43. The minimum atomic E-state index is 0.440. The van der Waals surface area contributed by atoms with Crippen molar-refractivity contribution in [3.8, 4) is 5.75 Å². The van der Waals surface area contributed by atoms with E-state index in [4.69, 9.17) is 4.74 Å². The third kappa shape index (κ3) is 2.33. The van der Waals surface area contributed by atoms with Gasteiger partial charge in [0.05, 0.1) is 7.11 Å². The number of nitrogens with zero attached hydrogens (tertiary/aromatic N) is 1. The summed E-state index contributed by atoms with van der Waals surface area (Å²) < 4.78 is 5.36. The van der Waals surface area contributed by atoms with Gasteiger partial charge in [0, 0.05) is 18.1 Å². The highest BCUT2D eigenvalue weighted by Crippen LogP contribution is 2.37. The lowest BCUT2D eigenvalue weighted by molar-refractivity contribution is 0.0790. The molecular weight excluding hydrogens is 248 g/mol. The molecule has 20 heavy (non-hydrogen) atoms. The molecule has 0 bridgehead atoms. The Kier molecular flexibility index (Phi) is 3.99. The van der Waals surface area contributed by atoms with Crippen molar-refractivity contribution < 1.29 is 4.74 Å². The van der Waals surface area contributed by atoms with Gasteiger partial charge in [-0.25, -0.2) is 0 Å². The second-order valence-electron chi connectivity index (χ2n) is 6.19. The Morgan fingerprint density at radius 2 is 2.05 bits per heavy atom. The van der Waals surface area contributed by atoms with Crippen molar-refractivity contribution in [1.29, 1.82) is 0 Å². The molecule has 0 amide bonds. The summed E-state index contributed by atoms with van der Waals surface area (Å²) in [4.78, 5) is 2.62. The van der Waals surface area contributed by atoms with Gasteiger partial charge in [0.2, 0.25) is 0 Å². The maximum Gasteiger partial charge on any atom is 0.119 e. The van der Waals surface area contributed by atoms with Crippen LogP contribution >= 0.6 is 0 Å². The Hall–Kier alpha value is -1.06. The SMILES string of the molecule is CNC1c2ccc(OC)cc2CCC1N(C)C1CCC1. The van der Waals surface area contributed by atoms with E-state index >= 15 is 0 Å². The maximum atomic E-state index is 5.36. The van der Waals surface area contributed by atoms with Gasteiger partial charge in [-0.1, -0.05) is 12.5 Å². The van der Waals surface area contributed by atoms with Crippen LogP contribution in [0.4, 0.5) is 0 Å². The first-order valence-corrected chi connectivity index (χ1v) is 7.80. The number of rotatable bonds is 4. The lowest BCUT2D eigenvalue weighted by Gasteiger charge is -2.45. The highest BCUT2D eigenvalue weighted by molar-refractivity contribution is 5.40. The highest BCUT2D eigenvalue weighted by Gasteiger charge is 2.35. The van der Waals surface area contributed by atoms with Crippen LogP contribution in [0.15, 0.2) is 18.2 Å². The third-order valence-electron chi connectivity index (χ3n) is 5.26. The number of hydrogen-bond acceptors (Lipinski definition) is 3. The fraction of sp³-hybridized carbons (Fsp3) is 0.647. The summed E-state index contributed by atoms with van der Waals surface area (Å²) in [5.74, 6) is 0.976. The van der Waals surface area contributed by atoms with Crippen LogP contribution in [0.1, 0.15) is 42.9 Å². The fourth-order valence-corrected chi connectivity index (χ4v) is 3.76. The molecule has 2 unspecified atom stereocenters. The monoisotopic (exact) mass is 274 g/mol. The van der Waals surface area contributed by atoms with E-state index in [1.807, 2.05) is 0 Å². The maximum absolute atomic E-state index is 5.36. The molecule has 0 saturated heterocycles. The Morgan fingerprint density at radius 1 is 1.25 bits per heavy atom. The normalized spacial score (nSPS) is 26.2. The van der Waals surface area contributed by atoms with E-state index < -0.39 is 0 Å². The second-order valence-corrected chi connectivity index (χ2v) is 6.19. The molecule has 1 N–H and O–H groups in total. The lowest BCUT2D eigenvalue weighted by atomic mass is 9.81. The van der Waals surface area contributed by atoms with Crippen LogP contribution in [0.25, 0.3) is 0 Å². The molecule has 3 rings (SSSR count).